The Kier molecular flexibility index (Phi) is 4.41. The topological polar surface area (TPSA) is 53.3 Å². The molecule has 0 unspecified atom stereocenters. The normalized spacial score (nSPS) is 10.5. The highest BCUT2D eigenvalue weighted by molar-refractivity contribution is 5.46. The molecule has 19 heavy (non-hydrogen) atoms. The minimum Gasteiger partial charge on any atom is -0.394 e. The van der Waals surface area contributed by atoms with Crippen LogP contribution in [0.5, 0.6) is 0 Å². The average molecular weight is 260 g/mol. The van der Waals surface area contributed by atoms with E-state index in [-0.39, 0.29) is 6.61 Å². The van der Waals surface area contributed by atoms with Crippen molar-refractivity contribution in [2.75, 3.05) is 30.9 Å². The first kappa shape index (κ1) is 13.4. The summed E-state index contributed by atoms with van der Waals surface area (Å²) in [5.41, 5.74) is 2.40. The number of rotatable bonds is 6. The van der Waals surface area contributed by atoms with Crippen LogP contribution in [0.4, 0.5) is 11.5 Å². The molecule has 1 aromatic heterocycles. The van der Waals surface area contributed by atoms with Crippen LogP contribution >= 0.6 is 0 Å². The summed E-state index contributed by atoms with van der Waals surface area (Å²) in [6, 6.07) is 10.3. The fourth-order valence-corrected chi connectivity index (χ4v) is 1.79. The lowest BCUT2D eigenvalue weighted by Gasteiger charge is -2.12. The molecule has 102 valence electrons. The molecule has 0 aliphatic heterocycles. The predicted molar refractivity (Wildman–Crippen MR) is 77.4 cm³/mol. The van der Waals surface area contributed by atoms with E-state index in [9.17, 15) is 0 Å². The van der Waals surface area contributed by atoms with Gasteiger partial charge in [0, 0.05) is 38.6 Å². The second kappa shape index (κ2) is 6.24. The second-order valence-electron chi connectivity index (χ2n) is 4.60. The summed E-state index contributed by atoms with van der Waals surface area (Å²) >= 11 is 0. The van der Waals surface area contributed by atoms with Gasteiger partial charge in [0.25, 0.3) is 0 Å². The van der Waals surface area contributed by atoms with Crippen molar-refractivity contribution in [3.05, 3.63) is 42.1 Å². The minimum atomic E-state index is 0.104. The van der Waals surface area contributed by atoms with Gasteiger partial charge in [-0.2, -0.15) is 5.10 Å². The van der Waals surface area contributed by atoms with E-state index in [0.29, 0.717) is 6.54 Å². The van der Waals surface area contributed by atoms with Gasteiger partial charge >= 0.3 is 0 Å². The molecule has 2 aromatic rings. The maximum absolute atomic E-state index is 8.82. The molecule has 5 heteroatoms. The van der Waals surface area contributed by atoms with Crippen molar-refractivity contribution >= 4 is 11.5 Å². The fraction of sp³-hybridized carbons (Fsp3) is 0.357. The first-order chi connectivity index (χ1) is 9.19. The zero-order valence-electron chi connectivity index (χ0n) is 11.4. The van der Waals surface area contributed by atoms with Gasteiger partial charge in [0.2, 0.25) is 0 Å². The van der Waals surface area contributed by atoms with Gasteiger partial charge < -0.3 is 15.3 Å². The van der Waals surface area contributed by atoms with E-state index in [0.717, 1.165) is 12.4 Å². The van der Waals surface area contributed by atoms with Gasteiger partial charge in [-0.05, 0) is 17.7 Å². The molecule has 0 fully saturated rings. The Balaban J connectivity index is 1.90. The third-order valence-corrected chi connectivity index (χ3v) is 2.90. The standard InChI is InChI=1S/C14H20N4O/c1-17(2)13-5-3-12(4-6-13)11-15-14-7-8-18(16-14)9-10-19/h3-8,19H,9-11H2,1-2H3,(H,15,16). The van der Waals surface area contributed by atoms with Crippen LogP contribution in [0.2, 0.25) is 0 Å². The molecule has 0 aliphatic rings. The Bertz CT molecular complexity index is 504. The van der Waals surface area contributed by atoms with Crippen LogP contribution in [0.25, 0.3) is 0 Å². The van der Waals surface area contributed by atoms with Crippen LogP contribution in [0.15, 0.2) is 36.5 Å². The molecule has 5 nitrogen and oxygen atoms in total. The Morgan fingerprint density at radius 2 is 1.95 bits per heavy atom. The van der Waals surface area contributed by atoms with Crippen LogP contribution in [0, 0.1) is 0 Å². The Morgan fingerprint density at radius 1 is 1.21 bits per heavy atom. The van der Waals surface area contributed by atoms with Crippen molar-refractivity contribution in [2.24, 2.45) is 0 Å². The van der Waals surface area contributed by atoms with Crippen LogP contribution in [-0.2, 0) is 13.1 Å². The molecule has 0 spiro atoms. The highest BCUT2D eigenvalue weighted by atomic mass is 16.3. The molecular formula is C14H20N4O. The highest BCUT2D eigenvalue weighted by Crippen LogP contribution is 2.13. The summed E-state index contributed by atoms with van der Waals surface area (Å²) in [5, 5.41) is 16.4. The minimum absolute atomic E-state index is 0.104. The van der Waals surface area contributed by atoms with Crippen molar-refractivity contribution < 1.29 is 5.11 Å². The number of benzene rings is 1. The number of hydrogen-bond acceptors (Lipinski definition) is 4. The van der Waals surface area contributed by atoms with Gasteiger partial charge in [-0.25, -0.2) is 0 Å². The summed E-state index contributed by atoms with van der Waals surface area (Å²) in [6.45, 7) is 1.37. The van der Waals surface area contributed by atoms with Gasteiger partial charge in [0.15, 0.2) is 0 Å². The predicted octanol–water partition coefficient (Wildman–Crippen LogP) is 1.55. The number of aliphatic hydroxyl groups is 1. The number of hydrogen-bond donors (Lipinski definition) is 2. The molecular weight excluding hydrogens is 240 g/mol. The van der Waals surface area contributed by atoms with Crippen molar-refractivity contribution in [2.45, 2.75) is 13.1 Å². The van der Waals surface area contributed by atoms with Gasteiger partial charge in [0.05, 0.1) is 13.2 Å². The zero-order chi connectivity index (χ0) is 13.7. The molecule has 0 atom stereocenters. The summed E-state index contributed by atoms with van der Waals surface area (Å²) in [6.07, 6.45) is 1.85. The van der Waals surface area contributed by atoms with Gasteiger partial charge in [0.1, 0.15) is 5.82 Å². The lowest BCUT2D eigenvalue weighted by atomic mass is 10.2. The molecule has 0 bridgehead atoms. The van der Waals surface area contributed by atoms with Crippen LogP contribution in [0.1, 0.15) is 5.56 Å². The Morgan fingerprint density at radius 3 is 2.58 bits per heavy atom. The molecule has 1 aromatic carbocycles. The molecule has 2 N–H and O–H groups in total. The van der Waals surface area contributed by atoms with E-state index in [4.69, 9.17) is 5.11 Å². The van der Waals surface area contributed by atoms with Crippen molar-refractivity contribution in [1.82, 2.24) is 9.78 Å². The quantitative estimate of drug-likeness (QED) is 0.827. The SMILES string of the molecule is CN(C)c1ccc(CNc2ccn(CCO)n2)cc1. The largest absolute Gasteiger partial charge is 0.394 e. The molecule has 0 saturated carbocycles. The highest BCUT2D eigenvalue weighted by Gasteiger charge is 1.99. The summed E-state index contributed by atoms with van der Waals surface area (Å²) < 4.78 is 1.72. The van der Waals surface area contributed by atoms with Gasteiger partial charge in [-0.15, -0.1) is 0 Å². The first-order valence-electron chi connectivity index (χ1n) is 6.33. The molecule has 0 amide bonds. The zero-order valence-corrected chi connectivity index (χ0v) is 11.4. The lowest BCUT2D eigenvalue weighted by molar-refractivity contribution is 0.269. The lowest BCUT2D eigenvalue weighted by Crippen LogP contribution is -2.08. The summed E-state index contributed by atoms with van der Waals surface area (Å²) in [7, 11) is 4.06. The van der Waals surface area contributed by atoms with E-state index in [1.807, 2.05) is 26.4 Å². The molecule has 0 radical (unpaired) electrons. The first-order valence-corrected chi connectivity index (χ1v) is 6.33. The average Bonchev–Trinajstić information content (AvgIpc) is 2.85. The smallest absolute Gasteiger partial charge is 0.148 e. The van der Waals surface area contributed by atoms with Crippen LogP contribution in [-0.4, -0.2) is 35.6 Å². The van der Waals surface area contributed by atoms with Crippen LogP contribution in [0.3, 0.4) is 0 Å². The Hall–Kier alpha value is -2.01. The van der Waals surface area contributed by atoms with E-state index < -0.39 is 0 Å². The van der Waals surface area contributed by atoms with E-state index >= 15 is 0 Å². The number of aromatic nitrogens is 2. The van der Waals surface area contributed by atoms with Gasteiger partial charge in [-0.1, -0.05) is 12.1 Å². The molecule has 1 heterocycles. The van der Waals surface area contributed by atoms with Crippen LogP contribution < -0.4 is 10.2 Å². The van der Waals surface area contributed by atoms with E-state index in [2.05, 4.69) is 39.6 Å². The molecule has 0 saturated heterocycles. The number of nitrogens with one attached hydrogen (secondary N) is 1. The number of nitrogens with zero attached hydrogens (tertiary/aromatic N) is 3. The number of anilines is 2. The van der Waals surface area contributed by atoms with E-state index in [1.165, 1.54) is 11.3 Å². The maximum Gasteiger partial charge on any atom is 0.148 e. The fourth-order valence-electron chi connectivity index (χ4n) is 1.79. The monoisotopic (exact) mass is 260 g/mol. The van der Waals surface area contributed by atoms with Crippen molar-refractivity contribution in [1.29, 1.82) is 0 Å². The third-order valence-electron chi connectivity index (χ3n) is 2.90. The molecule has 0 aliphatic carbocycles. The van der Waals surface area contributed by atoms with E-state index in [1.54, 1.807) is 4.68 Å². The molecule has 2 rings (SSSR count). The second-order valence-corrected chi connectivity index (χ2v) is 4.60. The van der Waals surface area contributed by atoms with Crippen molar-refractivity contribution in [3.63, 3.8) is 0 Å². The van der Waals surface area contributed by atoms with Crippen molar-refractivity contribution in [3.8, 4) is 0 Å². The summed E-state index contributed by atoms with van der Waals surface area (Å²) in [4.78, 5) is 2.08. The van der Waals surface area contributed by atoms with Gasteiger partial charge in [-0.3, -0.25) is 4.68 Å². The summed E-state index contributed by atoms with van der Waals surface area (Å²) in [5.74, 6) is 0.824. The third kappa shape index (κ3) is 3.72. The Labute approximate surface area is 113 Å². The number of aliphatic hydroxyl groups excluding tert-OH is 1. The maximum atomic E-state index is 8.82.